The molecule has 0 aromatic heterocycles. The van der Waals surface area contributed by atoms with E-state index in [1.807, 2.05) is 36.4 Å². The molecule has 1 fully saturated rings. The Bertz CT molecular complexity index is 1120. The number of rotatable bonds is 8. The molecule has 10 heteroatoms. The van der Waals surface area contributed by atoms with Gasteiger partial charge >= 0.3 is 5.97 Å². The molecule has 7 nitrogen and oxygen atoms in total. The van der Waals surface area contributed by atoms with E-state index < -0.39 is 5.97 Å². The molecule has 0 unspecified atom stereocenters. The minimum Gasteiger partial charge on any atom is -0.496 e. The first-order valence-electron chi connectivity index (χ1n) is 10.9. The number of likely N-dealkylation sites (tertiary alicyclic amines) is 1. The molecule has 2 aromatic rings. The van der Waals surface area contributed by atoms with E-state index in [4.69, 9.17) is 27.9 Å². The summed E-state index contributed by atoms with van der Waals surface area (Å²) < 4.78 is 9.91. The Morgan fingerprint density at radius 1 is 1.06 bits per heavy atom. The summed E-state index contributed by atoms with van der Waals surface area (Å²) >= 11 is 14.5. The lowest BCUT2D eigenvalue weighted by atomic mass is 9.96. The van der Waals surface area contributed by atoms with Crippen molar-refractivity contribution in [2.45, 2.75) is 22.6 Å². The number of hydrogen-bond acceptors (Lipinski definition) is 6. The molecule has 0 spiro atoms. The molecule has 35 heavy (non-hydrogen) atoms. The third kappa shape index (κ3) is 7.16. The fourth-order valence-electron chi connectivity index (χ4n) is 3.58. The van der Waals surface area contributed by atoms with Gasteiger partial charge in [-0.3, -0.25) is 14.4 Å². The topological polar surface area (TPSA) is 84.9 Å². The van der Waals surface area contributed by atoms with Crippen LogP contribution in [0.15, 0.2) is 52.3 Å². The van der Waals surface area contributed by atoms with Crippen LogP contribution in [0, 0.1) is 5.92 Å². The SMILES string of the molecule is COC(=O)CNC(=O)C1CCN(C(=O)C=Cc2ccc(Sc3ccccc3OC)c(Cl)c2Cl)CC1. The van der Waals surface area contributed by atoms with Crippen LogP contribution in [-0.2, 0) is 19.1 Å². The van der Waals surface area contributed by atoms with Gasteiger partial charge < -0.3 is 19.7 Å². The highest BCUT2D eigenvalue weighted by atomic mass is 35.5. The molecule has 1 heterocycles. The standard InChI is InChI=1S/C25H26Cl2N2O5S/c1-33-18-5-3-4-6-19(18)35-20-9-7-16(23(26)24(20)27)8-10-21(30)29-13-11-17(12-14-29)25(32)28-15-22(31)34-2/h3-10,17H,11-15H2,1-2H3,(H,28,32). The molecule has 1 aliphatic rings. The monoisotopic (exact) mass is 536 g/mol. The summed E-state index contributed by atoms with van der Waals surface area (Å²) in [5.41, 5.74) is 0.631. The van der Waals surface area contributed by atoms with Gasteiger partial charge in [0.1, 0.15) is 12.3 Å². The zero-order valence-corrected chi connectivity index (χ0v) is 21.7. The maximum atomic E-state index is 12.7. The highest BCUT2D eigenvalue weighted by Crippen LogP contribution is 2.42. The average Bonchev–Trinajstić information content (AvgIpc) is 2.89. The summed E-state index contributed by atoms with van der Waals surface area (Å²) in [6.07, 6.45) is 4.15. The molecule has 1 N–H and O–H groups in total. The van der Waals surface area contributed by atoms with Gasteiger partial charge in [-0.05, 0) is 42.7 Å². The van der Waals surface area contributed by atoms with Crippen molar-refractivity contribution in [2.24, 2.45) is 5.92 Å². The maximum Gasteiger partial charge on any atom is 0.325 e. The van der Waals surface area contributed by atoms with E-state index in [-0.39, 0.29) is 24.3 Å². The summed E-state index contributed by atoms with van der Waals surface area (Å²) in [5.74, 6) is -0.372. The van der Waals surface area contributed by atoms with Crippen LogP contribution in [-0.4, -0.2) is 56.5 Å². The Morgan fingerprint density at radius 2 is 1.77 bits per heavy atom. The van der Waals surface area contributed by atoms with E-state index in [9.17, 15) is 14.4 Å². The van der Waals surface area contributed by atoms with Crippen molar-refractivity contribution in [3.8, 4) is 5.75 Å². The van der Waals surface area contributed by atoms with Gasteiger partial charge in [0.15, 0.2) is 0 Å². The van der Waals surface area contributed by atoms with Gasteiger partial charge in [0.05, 0.1) is 29.2 Å². The molecule has 186 valence electrons. The number of benzene rings is 2. The fourth-order valence-corrected chi connectivity index (χ4v) is 5.12. The number of nitrogens with one attached hydrogen (secondary N) is 1. The number of ether oxygens (including phenoxy) is 2. The van der Waals surface area contributed by atoms with Gasteiger partial charge in [-0.15, -0.1) is 0 Å². The highest BCUT2D eigenvalue weighted by molar-refractivity contribution is 7.99. The number of halogens is 2. The number of nitrogens with zero attached hydrogens (tertiary/aromatic N) is 1. The van der Waals surface area contributed by atoms with Gasteiger partial charge in [0.25, 0.3) is 0 Å². The van der Waals surface area contributed by atoms with Gasteiger partial charge in [-0.1, -0.05) is 53.2 Å². The molecule has 0 saturated carbocycles. The Kier molecular flexibility index (Phi) is 9.89. The number of carbonyl (C=O) groups is 3. The molecule has 0 bridgehead atoms. The number of piperidine rings is 1. The smallest absolute Gasteiger partial charge is 0.325 e. The van der Waals surface area contributed by atoms with Crippen LogP contribution in [0.3, 0.4) is 0 Å². The van der Waals surface area contributed by atoms with Crippen molar-refractivity contribution < 1.29 is 23.9 Å². The number of hydrogen-bond donors (Lipinski definition) is 1. The molecule has 3 rings (SSSR count). The lowest BCUT2D eigenvalue weighted by Crippen LogP contribution is -2.43. The van der Waals surface area contributed by atoms with Crippen LogP contribution >= 0.6 is 35.0 Å². The first-order valence-corrected chi connectivity index (χ1v) is 12.5. The van der Waals surface area contributed by atoms with Crippen LogP contribution in [0.4, 0.5) is 0 Å². The van der Waals surface area contributed by atoms with Crippen molar-refractivity contribution in [3.63, 3.8) is 0 Å². The second-order valence-corrected chi connectivity index (χ2v) is 9.60. The van der Waals surface area contributed by atoms with Crippen molar-refractivity contribution in [3.05, 3.63) is 58.1 Å². The van der Waals surface area contributed by atoms with E-state index >= 15 is 0 Å². The third-order valence-electron chi connectivity index (χ3n) is 5.58. The average molecular weight is 537 g/mol. The normalized spacial score (nSPS) is 14.1. The summed E-state index contributed by atoms with van der Waals surface area (Å²) in [5, 5.41) is 3.32. The highest BCUT2D eigenvalue weighted by Gasteiger charge is 2.26. The molecular formula is C25H26Cl2N2O5S. The number of methoxy groups -OCH3 is 2. The molecule has 0 atom stereocenters. The summed E-state index contributed by atoms with van der Waals surface area (Å²) in [6.45, 7) is 0.738. The van der Waals surface area contributed by atoms with Crippen LogP contribution in [0.2, 0.25) is 10.0 Å². The van der Waals surface area contributed by atoms with Crippen LogP contribution in [0.5, 0.6) is 5.75 Å². The van der Waals surface area contributed by atoms with E-state index in [1.165, 1.54) is 24.9 Å². The maximum absolute atomic E-state index is 12.7. The van der Waals surface area contributed by atoms with Crippen molar-refractivity contribution in [1.29, 1.82) is 0 Å². The molecule has 2 aromatic carbocycles. The molecule has 0 radical (unpaired) electrons. The minimum absolute atomic E-state index is 0.156. The summed E-state index contributed by atoms with van der Waals surface area (Å²) in [6, 6.07) is 11.3. The Morgan fingerprint density at radius 3 is 2.46 bits per heavy atom. The predicted molar refractivity (Wildman–Crippen MR) is 137 cm³/mol. The second kappa shape index (κ2) is 12.9. The van der Waals surface area contributed by atoms with Gasteiger partial charge in [-0.25, -0.2) is 0 Å². The second-order valence-electron chi connectivity index (χ2n) is 7.76. The van der Waals surface area contributed by atoms with Crippen molar-refractivity contribution in [2.75, 3.05) is 33.9 Å². The van der Waals surface area contributed by atoms with E-state index in [2.05, 4.69) is 10.1 Å². The van der Waals surface area contributed by atoms with E-state index in [0.29, 0.717) is 41.5 Å². The first-order chi connectivity index (χ1) is 16.8. The molecule has 1 aliphatic heterocycles. The Balaban J connectivity index is 1.58. The fraction of sp³-hybridized carbons (Fsp3) is 0.320. The summed E-state index contributed by atoms with van der Waals surface area (Å²) in [4.78, 5) is 39.4. The summed E-state index contributed by atoms with van der Waals surface area (Å²) in [7, 11) is 2.88. The van der Waals surface area contributed by atoms with Crippen molar-refractivity contribution in [1.82, 2.24) is 10.2 Å². The molecule has 1 saturated heterocycles. The number of amides is 2. The van der Waals surface area contributed by atoms with Crippen molar-refractivity contribution >= 4 is 58.8 Å². The van der Waals surface area contributed by atoms with E-state index in [0.717, 1.165) is 15.5 Å². The number of carbonyl (C=O) groups excluding carboxylic acids is 3. The minimum atomic E-state index is -0.499. The van der Waals surface area contributed by atoms with Gasteiger partial charge in [0.2, 0.25) is 11.8 Å². The van der Waals surface area contributed by atoms with Crippen LogP contribution in [0.1, 0.15) is 18.4 Å². The predicted octanol–water partition coefficient (Wildman–Crippen LogP) is 4.69. The van der Waals surface area contributed by atoms with Gasteiger partial charge in [0, 0.05) is 30.0 Å². The lowest BCUT2D eigenvalue weighted by molar-refractivity contribution is -0.141. The zero-order valence-electron chi connectivity index (χ0n) is 19.4. The third-order valence-corrected chi connectivity index (χ3v) is 7.71. The van der Waals surface area contributed by atoms with Crippen LogP contribution < -0.4 is 10.1 Å². The quantitative estimate of drug-likeness (QED) is 0.389. The Hall–Kier alpha value is -2.68. The van der Waals surface area contributed by atoms with Gasteiger partial charge in [-0.2, -0.15) is 0 Å². The van der Waals surface area contributed by atoms with E-state index in [1.54, 1.807) is 18.1 Å². The number of esters is 1. The molecule has 0 aliphatic carbocycles. The van der Waals surface area contributed by atoms with Crippen LogP contribution in [0.25, 0.3) is 6.08 Å². The first kappa shape index (κ1) is 26.9. The Labute approximate surface area is 218 Å². The number of para-hydroxylation sites is 1. The zero-order chi connectivity index (χ0) is 25.4. The molecular weight excluding hydrogens is 511 g/mol. The largest absolute Gasteiger partial charge is 0.496 e. The lowest BCUT2D eigenvalue weighted by Gasteiger charge is -2.30. The molecule has 2 amide bonds.